The number of alkyl carbamates (subject to hydrolysis) is 1. The standard InChI is InChI=1S/C16H33NO4/c1-6-8-9-10-11-20-13-16(7-2,12-18)17-14(19)21-15(3,4)5/h18H,6-13H2,1-5H3,(H,17,19)/t16-/m1/s1. The van der Waals surface area contributed by atoms with Crippen molar-refractivity contribution in [3.05, 3.63) is 0 Å². The summed E-state index contributed by atoms with van der Waals surface area (Å²) in [5, 5.41) is 12.4. The summed E-state index contributed by atoms with van der Waals surface area (Å²) in [5.74, 6) is 0. The summed E-state index contributed by atoms with van der Waals surface area (Å²) in [6, 6.07) is 0. The second kappa shape index (κ2) is 10.0. The first-order valence-corrected chi connectivity index (χ1v) is 7.98. The fraction of sp³-hybridized carbons (Fsp3) is 0.938. The Morgan fingerprint density at radius 1 is 1.14 bits per heavy atom. The molecule has 5 nitrogen and oxygen atoms in total. The summed E-state index contributed by atoms with van der Waals surface area (Å²) in [5.41, 5.74) is -1.33. The Morgan fingerprint density at radius 3 is 2.29 bits per heavy atom. The first-order valence-electron chi connectivity index (χ1n) is 7.98. The molecule has 0 radical (unpaired) electrons. The molecule has 2 N–H and O–H groups in total. The van der Waals surface area contributed by atoms with E-state index < -0.39 is 17.2 Å². The molecule has 0 aromatic heterocycles. The number of aliphatic hydroxyl groups is 1. The zero-order valence-corrected chi connectivity index (χ0v) is 14.3. The summed E-state index contributed by atoms with van der Waals surface area (Å²) in [6.07, 6.45) is 4.61. The van der Waals surface area contributed by atoms with Crippen LogP contribution in [0.3, 0.4) is 0 Å². The Labute approximate surface area is 129 Å². The van der Waals surface area contributed by atoms with Crippen molar-refractivity contribution >= 4 is 6.09 Å². The van der Waals surface area contributed by atoms with Gasteiger partial charge in [-0.3, -0.25) is 0 Å². The van der Waals surface area contributed by atoms with Gasteiger partial charge in [-0.2, -0.15) is 0 Å². The molecule has 1 atom stereocenters. The van der Waals surface area contributed by atoms with Crippen LogP contribution in [0.4, 0.5) is 4.79 Å². The molecule has 0 bridgehead atoms. The number of nitrogens with one attached hydrogen (secondary N) is 1. The Balaban J connectivity index is 4.26. The van der Waals surface area contributed by atoms with Gasteiger partial charge in [0.1, 0.15) is 5.60 Å². The number of ether oxygens (including phenoxy) is 2. The van der Waals surface area contributed by atoms with Crippen LogP contribution < -0.4 is 5.32 Å². The fourth-order valence-corrected chi connectivity index (χ4v) is 1.84. The third-order valence-electron chi connectivity index (χ3n) is 3.27. The highest BCUT2D eigenvalue weighted by molar-refractivity contribution is 5.68. The lowest BCUT2D eigenvalue weighted by atomic mass is 9.99. The lowest BCUT2D eigenvalue weighted by Gasteiger charge is -2.32. The van der Waals surface area contributed by atoms with Crippen molar-refractivity contribution in [3.8, 4) is 0 Å². The lowest BCUT2D eigenvalue weighted by molar-refractivity contribution is 0.0101. The van der Waals surface area contributed by atoms with E-state index in [-0.39, 0.29) is 6.61 Å². The Bertz CT molecular complexity index is 282. The highest BCUT2D eigenvalue weighted by Crippen LogP contribution is 2.14. The SMILES string of the molecule is CCCCCCOC[C@@](CC)(CO)NC(=O)OC(C)(C)C. The average molecular weight is 303 g/mol. The zero-order chi connectivity index (χ0) is 16.4. The molecule has 0 aliphatic heterocycles. The smallest absolute Gasteiger partial charge is 0.408 e. The summed E-state index contributed by atoms with van der Waals surface area (Å²) < 4.78 is 10.9. The number of aliphatic hydroxyl groups excluding tert-OH is 1. The molecule has 0 fully saturated rings. The van der Waals surface area contributed by atoms with Crippen LogP contribution in [-0.2, 0) is 9.47 Å². The molecule has 0 aliphatic rings. The molecule has 126 valence electrons. The first kappa shape index (κ1) is 20.2. The van der Waals surface area contributed by atoms with E-state index in [2.05, 4.69) is 12.2 Å². The molecule has 0 aromatic rings. The molecular formula is C16H33NO4. The number of rotatable bonds is 10. The quantitative estimate of drug-likeness (QED) is 0.608. The van der Waals surface area contributed by atoms with E-state index in [1.807, 2.05) is 27.7 Å². The number of carbonyl (C=O) groups excluding carboxylic acids is 1. The highest BCUT2D eigenvalue weighted by atomic mass is 16.6. The Morgan fingerprint density at radius 2 is 1.81 bits per heavy atom. The summed E-state index contributed by atoms with van der Waals surface area (Å²) >= 11 is 0. The Hall–Kier alpha value is -0.810. The van der Waals surface area contributed by atoms with Gasteiger partial charge in [0, 0.05) is 6.61 Å². The molecule has 0 rings (SSSR count). The van der Waals surface area contributed by atoms with Gasteiger partial charge in [0.25, 0.3) is 0 Å². The van der Waals surface area contributed by atoms with E-state index >= 15 is 0 Å². The van der Waals surface area contributed by atoms with Crippen LogP contribution in [0.25, 0.3) is 0 Å². The van der Waals surface area contributed by atoms with Gasteiger partial charge in [-0.15, -0.1) is 0 Å². The monoisotopic (exact) mass is 303 g/mol. The van der Waals surface area contributed by atoms with Crippen molar-refractivity contribution in [1.29, 1.82) is 0 Å². The minimum absolute atomic E-state index is 0.169. The molecule has 5 heteroatoms. The maximum absolute atomic E-state index is 11.9. The number of amides is 1. The Kier molecular flexibility index (Phi) is 9.62. The van der Waals surface area contributed by atoms with Gasteiger partial charge in [0.15, 0.2) is 0 Å². The fourth-order valence-electron chi connectivity index (χ4n) is 1.84. The normalized spacial score (nSPS) is 14.6. The van der Waals surface area contributed by atoms with Gasteiger partial charge >= 0.3 is 6.09 Å². The predicted molar refractivity (Wildman–Crippen MR) is 84.4 cm³/mol. The molecule has 0 saturated heterocycles. The zero-order valence-electron chi connectivity index (χ0n) is 14.3. The molecule has 0 heterocycles. The van der Waals surface area contributed by atoms with Crippen LogP contribution in [0.5, 0.6) is 0 Å². The van der Waals surface area contributed by atoms with Crippen molar-refractivity contribution < 1.29 is 19.4 Å². The van der Waals surface area contributed by atoms with Gasteiger partial charge in [-0.25, -0.2) is 4.79 Å². The first-order chi connectivity index (χ1) is 9.78. The number of unbranched alkanes of at least 4 members (excludes halogenated alkanes) is 3. The van der Waals surface area contributed by atoms with Crippen molar-refractivity contribution in [2.75, 3.05) is 19.8 Å². The maximum Gasteiger partial charge on any atom is 0.408 e. The lowest BCUT2D eigenvalue weighted by Crippen LogP contribution is -2.55. The van der Waals surface area contributed by atoms with Crippen LogP contribution in [0, 0.1) is 0 Å². The number of hydrogen-bond donors (Lipinski definition) is 2. The van der Waals surface area contributed by atoms with Gasteiger partial charge in [-0.1, -0.05) is 33.1 Å². The molecule has 21 heavy (non-hydrogen) atoms. The van der Waals surface area contributed by atoms with Crippen LogP contribution in [0.15, 0.2) is 0 Å². The third kappa shape index (κ3) is 9.69. The minimum Gasteiger partial charge on any atom is -0.444 e. The van der Waals surface area contributed by atoms with E-state index in [9.17, 15) is 9.90 Å². The van der Waals surface area contributed by atoms with Crippen molar-refractivity contribution in [2.24, 2.45) is 0 Å². The molecule has 0 aromatic carbocycles. The van der Waals surface area contributed by atoms with Crippen LogP contribution in [-0.4, -0.2) is 42.2 Å². The van der Waals surface area contributed by atoms with Crippen LogP contribution >= 0.6 is 0 Å². The van der Waals surface area contributed by atoms with E-state index in [0.29, 0.717) is 19.6 Å². The molecule has 0 unspecified atom stereocenters. The largest absolute Gasteiger partial charge is 0.444 e. The predicted octanol–water partition coefficient (Wildman–Crippen LogP) is 3.25. The molecule has 0 spiro atoms. The van der Waals surface area contributed by atoms with Gasteiger partial charge in [-0.05, 0) is 33.6 Å². The second-order valence-electron chi connectivity index (χ2n) is 6.53. The van der Waals surface area contributed by atoms with Crippen molar-refractivity contribution in [1.82, 2.24) is 5.32 Å². The number of carbonyl (C=O) groups is 1. The van der Waals surface area contributed by atoms with E-state index in [4.69, 9.17) is 9.47 Å². The van der Waals surface area contributed by atoms with E-state index in [1.165, 1.54) is 12.8 Å². The minimum atomic E-state index is -0.771. The topological polar surface area (TPSA) is 67.8 Å². The molecular weight excluding hydrogens is 270 g/mol. The molecule has 1 amide bonds. The van der Waals surface area contributed by atoms with Gasteiger partial charge < -0.3 is 19.9 Å². The molecule has 0 aliphatic carbocycles. The summed E-state index contributed by atoms with van der Waals surface area (Å²) in [7, 11) is 0. The van der Waals surface area contributed by atoms with Crippen LogP contribution in [0.1, 0.15) is 66.7 Å². The second-order valence-corrected chi connectivity index (χ2v) is 6.53. The summed E-state index contributed by atoms with van der Waals surface area (Å²) in [6.45, 7) is 10.3. The van der Waals surface area contributed by atoms with Crippen molar-refractivity contribution in [2.45, 2.75) is 77.9 Å². The van der Waals surface area contributed by atoms with Gasteiger partial charge in [0.05, 0.1) is 18.8 Å². The van der Waals surface area contributed by atoms with E-state index in [0.717, 1.165) is 12.8 Å². The third-order valence-corrected chi connectivity index (χ3v) is 3.27. The van der Waals surface area contributed by atoms with E-state index in [1.54, 1.807) is 0 Å². The van der Waals surface area contributed by atoms with Gasteiger partial charge in [0.2, 0.25) is 0 Å². The average Bonchev–Trinajstić information content (AvgIpc) is 2.39. The van der Waals surface area contributed by atoms with Crippen LogP contribution in [0.2, 0.25) is 0 Å². The molecule has 0 saturated carbocycles. The highest BCUT2D eigenvalue weighted by Gasteiger charge is 2.31. The number of hydrogen-bond acceptors (Lipinski definition) is 4. The van der Waals surface area contributed by atoms with Crippen molar-refractivity contribution in [3.63, 3.8) is 0 Å². The summed E-state index contributed by atoms with van der Waals surface area (Å²) in [4.78, 5) is 11.9. The maximum atomic E-state index is 11.9.